The summed E-state index contributed by atoms with van der Waals surface area (Å²) in [7, 11) is 1.59. The highest BCUT2D eigenvalue weighted by Gasteiger charge is 2.17. The summed E-state index contributed by atoms with van der Waals surface area (Å²) in [5, 5.41) is 12.3. The van der Waals surface area contributed by atoms with E-state index in [-0.39, 0.29) is 19.2 Å². The minimum Gasteiger partial charge on any atom is -0.496 e. The Kier molecular flexibility index (Phi) is 7.95. The summed E-state index contributed by atoms with van der Waals surface area (Å²) < 4.78 is 11.1. The highest BCUT2D eigenvalue weighted by Crippen LogP contribution is 2.25. The number of para-hydroxylation sites is 3. The lowest BCUT2D eigenvalue weighted by Gasteiger charge is -2.24. The van der Waals surface area contributed by atoms with Crippen molar-refractivity contribution < 1.29 is 19.4 Å². The first-order valence-corrected chi connectivity index (χ1v) is 9.05. The van der Waals surface area contributed by atoms with Crippen LogP contribution in [0, 0.1) is 5.92 Å². The summed E-state index contributed by atoms with van der Waals surface area (Å²) in [6, 6.07) is 14.5. The Morgan fingerprint density at radius 3 is 2.44 bits per heavy atom. The standard InChI is InChI=1S/C21H28N2O4/c1-16(2)15-27-20-11-7-5-9-18(20)22-21(25)23(12-13-24)14-17-8-4-6-10-19(17)26-3/h4-11,16,24H,12-15H2,1-3H3,(H,22,25). The van der Waals surface area contributed by atoms with Crippen molar-refractivity contribution in [1.82, 2.24) is 4.90 Å². The minimum atomic E-state index is -0.310. The zero-order valence-corrected chi connectivity index (χ0v) is 16.1. The van der Waals surface area contributed by atoms with Crippen LogP contribution in [0.15, 0.2) is 48.5 Å². The van der Waals surface area contributed by atoms with Crippen LogP contribution in [0.5, 0.6) is 11.5 Å². The van der Waals surface area contributed by atoms with Crippen LogP contribution in [-0.4, -0.2) is 42.9 Å². The predicted octanol–water partition coefficient (Wildman–Crippen LogP) is 3.76. The second-order valence-corrected chi connectivity index (χ2v) is 6.59. The normalized spacial score (nSPS) is 10.6. The molecule has 146 valence electrons. The lowest BCUT2D eigenvalue weighted by molar-refractivity contribution is 0.184. The quantitative estimate of drug-likeness (QED) is 0.703. The molecule has 0 atom stereocenters. The number of carbonyl (C=O) groups excluding carboxylic acids is 1. The maximum Gasteiger partial charge on any atom is 0.322 e. The number of hydrogen-bond donors (Lipinski definition) is 2. The van der Waals surface area contributed by atoms with Crippen LogP contribution in [0.3, 0.4) is 0 Å². The zero-order valence-electron chi connectivity index (χ0n) is 16.1. The molecule has 2 rings (SSSR count). The van der Waals surface area contributed by atoms with Crippen molar-refractivity contribution in [3.8, 4) is 11.5 Å². The van der Waals surface area contributed by atoms with Gasteiger partial charge in [0.05, 0.1) is 32.6 Å². The molecule has 2 aromatic rings. The molecular formula is C21H28N2O4. The van der Waals surface area contributed by atoms with Gasteiger partial charge in [-0.3, -0.25) is 0 Å². The Bertz CT molecular complexity index is 734. The first-order chi connectivity index (χ1) is 13.0. The Morgan fingerprint density at radius 1 is 1.11 bits per heavy atom. The number of anilines is 1. The van der Waals surface area contributed by atoms with Crippen molar-refractivity contribution in [2.45, 2.75) is 20.4 Å². The SMILES string of the molecule is COc1ccccc1CN(CCO)C(=O)Nc1ccccc1OCC(C)C. The molecule has 0 fully saturated rings. The summed E-state index contributed by atoms with van der Waals surface area (Å²) in [4.78, 5) is 14.3. The highest BCUT2D eigenvalue weighted by molar-refractivity contribution is 5.91. The van der Waals surface area contributed by atoms with E-state index in [4.69, 9.17) is 9.47 Å². The molecule has 6 nitrogen and oxygen atoms in total. The molecule has 2 N–H and O–H groups in total. The number of ether oxygens (including phenoxy) is 2. The number of hydrogen-bond acceptors (Lipinski definition) is 4. The molecule has 27 heavy (non-hydrogen) atoms. The summed E-state index contributed by atoms with van der Waals surface area (Å²) >= 11 is 0. The van der Waals surface area contributed by atoms with Crippen molar-refractivity contribution in [2.75, 3.05) is 32.2 Å². The van der Waals surface area contributed by atoms with Gasteiger partial charge in [-0.05, 0) is 24.1 Å². The molecule has 0 saturated heterocycles. The number of carbonyl (C=O) groups is 1. The van der Waals surface area contributed by atoms with Crippen LogP contribution in [0.2, 0.25) is 0 Å². The molecule has 2 aromatic carbocycles. The maximum absolute atomic E-state index is 12.8. The third kappa shape index (κ3) is 6.18. The van der Waals surface area contributed by atoms with Gasteiger partial charge in [-0.25, -0.2) is 4.79 Å². The van der Waals surface area contributed by atoms with Crippen molar-refractivity contribution in [2.24, 2.45) is 5.92 Å². The topological polar surface area (TPSA) is 71.0 Å². The predicted molar refractivity (Wildman–Crippen MR) is 106 cm³/mol. The Hall–Kier alpha value is -2.73. The number of amides is 2. The van der Waals surface area contributed by atoms with Gasteiger partial charge in [0.2, 0.25) is 0 Å². The molecule has 0 radical (unpaired) electrons. The van der Waals surface area contributed by atoms with Gasteiger partial charge in [0.25, 0.3) is 0 Å². The monoisotopic (exact) mass is 372 g/mol. The van der Waals surface area contributed by atoms with Crippen LogP contribution < -0.4 is 14.8 Å². The minimum absolute atomic E-state index is 0.131. The van der Waals surface area contributed by atoms with Gasteiger partial charge in [0, 0.05) is 12.1 Å². The number of nitrogens with zero attached hydrogens (tertiary/aromatic N) is 1. The van der Waals surface area contributed by atoms with E-state index in [0.29, 0.717) is 36.3 Å². The van der Waals surface area contributed by atoms with E-state index >= 15 is 0 Å². The third-order valence-corrected chi connectivity index (χ3v) is 3.91. The fourth-order valence-corrected chi connectivity index (χ4v) is 2.56. The van der Waals surface area contributed by atoms with E-state index in [0.717, 1.165) is 5.56 Å². The lowest BCUT2D eigenvalue weighted by Crippen LogP contribution is -2.36. The number of aliphatic hydroxyl groups is 1. The van der Waals surface area contributed by atoms with Gasteiger partial charge in [-0.1, -0.05) is 44.2 Å². The van der Waals surface area contributed by atoms with Crippen LogP contribution in [0.25, 0.3) is 0 Å². The number of benzene rings is 2. The molecule has 0 unspecified atom stereocenters. The number of urea groups is 1. The van der Waals surface area contributed by atoms with Crippen LogP contribution >= 0.6 is 0 Å². The molecule has 0 aliphatic rings. The summed E-state index contributed by atoms with van der Waals surface area (Å²) in [6.07, 6.45) is 0. The average molecular weight is 372 g/mol. The molecule has 2 amide bonds. The fraction of sp³-hybridized carbons (Fsp3) is 0.381. The van der Waals surface area contributed by atoms with Crippen molar-refractivity contribution in [3.63, 3.8) is 0 Å². The number of nitrogens with one attached hydrogen (secondary N) is 1. The van der Waals surface area contributed by atoms with E-state index in [1.165, 1.54) is 4.90 Å². The lowest BCUT2D eigenvalue weighted by atomic mass is 10.2. The van der Waals surface area contributed by atoms with Crippen molar-refractivity contribution in [3.05, 3.63) is 54.1 Å². The molecular weight excluding hydrogens is 344 g/mol. The first kappa shape index (κ1) is 20.6. The zero-order chi connectivity index (χ0) is 19.6. The number of methoxy groups -OCH3 is 1. The van der Waals surface area contributed by atoms with E-state index < -0.39 is 0 Å². The van der Waals surface area contributed by atoms with Crippen molar-refractivity contribution >= 4 is 11.7 Å². The van der Waals surface area contributed by atoms with Gasteiger partial charge in [0.15, 0.2) is 0 Å². The Labute approximate surface area is 160 Å². The van der Waals surface area contributed by atoms with Crippen LogP contribution in [-0.2, 0) is 6.54 Å². The number of aliphatic hydroxyl groups excluding tert-OH is 1. The maximum atomic E-state index is 12.8. The molecule has 0 aliphatic heterocycles. The van der Waals surface area contributed by atoms with Gasteiger partial charge in [-0.2, -0.15) is 0 Å². The summed E-state index contributed by atoms with van der Waals surface area (Å²) in [6.45, 7) is 5.10. The average Bonchev–Trinajstić information content (AvgIpc) is 2.67. The molecule has 0 bridgehead atoms. The van der Waals surface area contributed by atoms with Gasteiger partial charge in [0.1, 0.15) is 11.5 Å². The van der Waals surface area contributed by atoms with Crippen LogP contribution in [0.4, 0.5) is 10.5 Å². The van der Waals surface area contributed by atoms with E-state index in [1.807, 2.05) is 42.5 Å². The molecule has 0 aliphatic carbocycles. The molecule has 0 heterocycles. The second-order valence-electron chi connectivity index (χ2n) is 6.59. The van der Waals surface area contributed by atoms with Crippen molar-refractivity contribution in [1.29, 1.82) is 0 Å². The van der Waals surface area contributed by atoms with Gasteiger partial charge >= 0.3 is 6.03 Å². The summed E-state index contributed by atoms with van der Waals surface area (Å²) in [5.41, 5.74) is 1.47. The molecule has 0 spiro atoms. The van der Waals surface area contributed by atoms with Gasteiger partial charge < -0.3 is 24.8 Å². The van der Waals surface area contributed by atoms with E-state index in [9.17, 15) is 9.90 Å². The Balaban J connectivity index is 2.13. The number of rotatable bonds is 9. The molecule has 0 saturated carbocycles. The van der Waals surface area contributed by atoms with E-state index in [2.05, 4.69) is 19.2 Å². The van der Waals surface area contributed by atoms with Gasteiger partial charge in [-0.15, -0.1) is 0 Å². The molecule has 0 aromatic heterocycles. The van der Waals surface area contributed by atoms with E-state index in [1.54, 1.807) is 13.2 Å². The fourth-order valence-electron chi connectivity index (χ4n) is 2.56. The summed E-state index contributed by atoms with van der Waals surface area (Å²) in [5.74, 6) is 1.71. The largest absolute Gasteiger partial charge is 0.496 e. The molecule has 6 heteroatoms. The first-order valence-electron chi connectivity index (χ1n) is 9.05. The highest BCUT2D eigenvalue weighted by atomic mass is 16.5. The second kappa shape index (κ2) is 10.4. The smallest absolute Gasteiger partial charge is 0.322 e. The third-order valence-electron chi connectivity index (χ3n) is 3.91. The Morgan fingerprint density at radius 2 is 1.78 bits per heavy atom. The van der Waals surface area contributed by atoms with Crippen LogP contribution in [0.1, 0.15) is 19.4 Å².